The van der Waals surface area contributed by atoms with Crippen LogP contribution in [0.4, 0.5) is 11.4 Å². The van der Waals surface area contributed by atoms with Crippen molar-refractivity contribution in [3.8, 4) is 0 Å². The van der Waals surface area contributed by atoms with Crippen molar-refractivity contribution < 1.29 is 9.59 Å². The van der Waals surface area contributed by atoms with Crippen molar-refractivity contribution in [1.29, 1.82) is 0 Å². The van der Waals surface area contributed by atoms with Crippen molar-refractivity contribution >= 4 is 23.2 Å². The lowest BCUT2D eigenvalue weighted by atomic mass is 10.0. The maximum atomic E-state index is 12.2. The molecule has 5 nitrogen and oxygen atoms in total. The molecule has 1 atom stereocenters. The van der Waals surface area contributed by atoms with Gasteiger partial charge in [-0.15, -0.1) is 0 Å². The van der Waals surface area contributed by atoms with Gasteiger partial charge >= 0.3 is 0 Å². The van der Waals surface area contributed by atoms with E-state index in [-0.39, 0.29) is 24.4 Å². The third-order valence-electron chi connectivity index (χ3n) is 4.13. The Morgan fingerprint density at radius 3 is 2.24 bits per heavy atom. The highest BCUT2D eigenvalue weighted by atomic mass is 16.2. The molecule has 0 aromatic heterocycles. The Morgan fingerprint density at radius 1 is 1.04 bits per heavy atom. The summed E-state index contributed by atoms with van der Waals surface area (Å²) in [6, 6.07) is 17.4. The maximum absolute atomic E-state index is 12.2. The fourth-order valence-corrected chi connectivity index (χ4v) is 2.52. The summed E-state index contributed by atoms with van der Waals surface area (Å²) in [6.07, 6.45) is 0.835. The molecule has 0 fully saturated rings. The number of amides is 2. The van der Waals surface area contributed by atoms with Crippen LogP contribution in [0.2, 0.25) is 0 Å². The van der Waals surface area contributed by atoms with Crippen molar-refractivity contribution in [2.24, 2.45) is 0 Å². The second-order valence-corrected chi connectivity index (χ2v) is 5.92. The summed E-state index contributed by atoms with van der Waals surface area (Å²) in [5.41, 5.74) is 2.76. The minimum Gasteiger partial charge on any atom is -0.376 e. The van der Waals surface area contributed by atoms with E-state index >= 15 is 0 Å². The van der Waals surface area contributed by atoms with Gasteiger partial charge in [0.2, 0.25) is 11.8 Å². The van der Waals surface area contributed by atoms with Crippen LogP contribution in [0.1, 0.15) is 31.9 Å². The van der Waals surface area contributed by atoms with Crippen molar-refractivity contribution in [3.05, 3.63) is 60.2 Å². The van der Waals surface area contributed by atoms with E-state index in [4.69, 9.17) is 0 Å². The van der Waals surface area contributed by atoms with Gasteiger partial charge in [-0.05, 0) is 36.2 Å². The second kappa shape index (κ2) is 8.87. The first-order valence-electron chi connectivity index (χ1n) is 8.43. The summed E-state index contributed by atoms with van der Waals surface area (Å²) in [6.45, 7) is 3.77. The number of rotatable bonds is 7. The third kappa shape index (κ3) is 5.35. The summed E-state index contributed by atoms with van der Waals surface area (Å²) in [5, 5.41) is 6.15. The molecular formula is C20H25N3O2. The Morgan fingerprint density at radius 2 is 1.68 bits per heavy atom. The highest BCUT2D eigenvalue weighted by molar-refractivity contribution is 5.91. The van der Waals surface area contributed by atoms with Gasteiger partial charge in [0.1, 0.15) is 0 Å². The number of benzene rings is 2. The zero-order valence-corrected chi connectivity index (χ0v) is 15.0. The quantitative estimate of drug-likeness (QED) is 0.813. The van der Waals surface area contributed by atoms with Gasteiger partial charge in [-0.1, -0.05) is 37.3 Å². The van der Waals surface area contributed by atoms with Gasteiger partial charge in [-0.25, -0.2) is 0 Å². The monoisotopic (exact) mass is 339 g/mol. The fraction of sp³-hybridized carbons (Fsp3) is 0.300. The van der Waals surface area contributed by atoms with E-state index in [9.17, 15) is 9.59 Å². The Labute approximate surface area is 149 Å². The molecule has 0 radical (unpaired) electrons. The van der Waals surface area contributed by atoms with Crippen molar-refractivity contribution in [1.82, 2.24) is 5.32 Å². The van der Waals surface area contributed by atoms with Crippen LogP contribution in [-0.4, -0.2) is 25.4 Å². The molecule has 1 unspecified atom stereocenters. The van der Waals surface area contributed by atoms with Crippen LogP contribution >= 0.6 is 0 Å². The first kappa shape index (κ1) is 18.5. The molecule has 2 rings (SSSR count). The number of hydrogen-bond donors (Lipinski definition) is 2. The van der Waals surface area contributed by atoms with E-state index < -0.39 is 0 Å². The Bertz CT molecular complexity index is 699. The van der Waals surface area contributed by atoms with Crippen molar-refractivity contribution in [2.45, 2.75) is 26.3 Å². The first-order valence-corrected chi connectivity index (χ1v) is 8.43. The maximum Gasteiger partial charge on any atom is 0.239 e. The number of nitrogens with one attached hydrogen (secondary N) is 2. The summed E-state index contributed by atoms with van der Waals surface area (Å²) in [5.74, 6) is -0.0766. The van der Waals surface area contributed by atoms with Crippen LogP contribution in [0.5, 0.6) is 0 Å². The molecule has 2 N–H and O–H groups in total. The van der Waals surface area contributed by atoms with Gasteiger partial charge < -0.3 is 15.5 Å². The normalized spacial score (nSPS) is 11.5. The van der Waals surface area contributed by atoms with Gasteiger partial charge in [0.15, 0.2) is 0 Å². The number of hydrogen-bond acceptors (Lipinski definition) is 3. The zero-order valence-electron chi connectivity index (χ0n) is 15.0. The standard InChI is InChI=1S/C20H25N3O2/c1-4-19(16-8-6-5-7-9-16)22-20(25)14-21-17-10-12-18(13-11-17)23(3)15(2)24/h5-13,19,21H,4,14H2,1-3H3,(H,22,25). The molecule has 0 aliphatic rings. The molecular weight excluding hydrogens is 314 g/mol. The summed E-state index contributed by atoms with van der Waals surface area (Å²) in [4.78, 5) is 25.1. The second-order valence-electron chi connectivity index (χ2n) is 5.92. The number of carbonyl (C=O) groups excluding carboxylic acids is 2. The van der Waals surface area contributed by atoms with Crippen molar-refractivity contribution in [2.75, 3.05) is 23.8 Å². The molecule has 0 aliphatic heterocycles. The molecule has 2 aromatic rings. The SMILES string of the molecule is CCC(NC(=O)CNc1ccc(N(C)C(C)=O)cc1)c1ccccc1. The van der Waals surface area contributed by atoms with E-state index in [1.165, 1.54) is 6.92 Å². The van der Waals surface area contributed by atoms with Gasteiger partial charge in [-0.3, -0.25) is 9.59 Å². The molecule has 0 aliphatic carbocycles. The van der Waals surface area contributed by atoms with Crippen molar-refractivity contribution in [3.63, 3.8) is 0 Å². The number of anilines is 2. The van der Waals surface area contributed by atoms with Crippen LogP contribution < -0.4 is 15.5 Å². The highest BCUT2D eigenvalue weighted by Crippen LogP contribution is 2.17. The first-order chi connectivity index (χ1) is 12.0. The number of carbonyl (C=O) groups is 2. The van der Waals surface area contributed by atoms with Crippen LogP contribution in [-0.2, 0) is 9.59 Å². The molecule has 0 spiro atoms. The lowest BCUT2D eigenvalue weighted by molar-refractivity contribution is -0.120. The van der Waals surface area contributed by atoms with Crippen LogP contribution in [0, 0.1) is 0 Å². The third-order valence-corrected chi connectivity index (χ3v) is 4.13. The lowest BCUT2D eigenvalue weighted by Gasteiger charge is -2.18. The Balaban J connectivity index is 1.88. The van der Waals surface area contributed by atoms with E-state index in [2.05, 4.69) is 17.6 Å². The van der Waals surface area contributed by atoms with Gasteiger partial charge in [0, 0.05) is 25.3 Å². The minimum absolute atomic E-state index is 0.0158. The van der Waals surface area contributed by atoms with E-state index in [0.717, 1.165) is 23.4 Å². The molecule has 0 heterocycles. The predicted molar refractivity (Wildman–Crippen MR) is 102 cm³/mol. The van der Waals surface area contributed by atoms with Crippen LogP contribution in [0.15, 0.2) is 54.6 Å². The molecule has 2 aromatic carbocycles. The van der Waals surface area contributed by atoms with E-state index in [1.54, 1.807) is 11.9 Å². The van der Waals surface area contributed by atoms with Crippen LogP contribution in [0.3, 0.4) is 0 Å². The molecule has 2 amide bonds. The largest absolute Gasteiger partial charge is 0.376 e. The highest BCUT2D eigenvalue weighted by Gasteiger charge is 2.12. The van der Waals surface area contributed by atoms with E-state index in [1.807, 2.05) is 54.6 Å². The molecule has 0 saturated heterocycles. The van der Waals surface area contributed by atoms with Gasteiger partial charge in [-0.2, -0.15) is 0 Å². The molecule has 132 valence electrons. The topological polar surface area (TPSA) is 61.4 Å². The zero-order chi connectivity index (χ0) is 18.2. The van der Waals surface area contributed by atoms with Gasteiger partial charge in [0.25, 0.3) is 0 Å². The minimum atomic E-state index is -0.0550. The fourth-order valence-electron chi connectivity index (χ4n) is 2.52. The van der Waals surface area contributed by atoms with E-state index in [0.29, 0.717) is 0 Å². The Hall–Kier alpha value is -2.82. The molecule has 5 heteroatoms. The average Bonchev–Trinajstić information content (AvgIpc) is 2.65. The molecule has 25 heavy (non-hydrogen) atoms. The Kier molecular flexibility index (Phi) is 6.57. The summed E-state index contributed by atoms with van der Waals surface area (Å²) in [7, 11) is 1.73. The average molecular weight is 339 g/mol. The summed E-state index contributed by atoms with van der Waals surface area (Å²) < 4.78 is 0. The summed E-state index contributed by atoms with van der Waals surface area (Å²) >= 11 is 0. The van der Waals surface area contributed by atoms with Crippen LogP contribution in [0.25, 0.3) is 0 Å². The predicted octanol–water partition coefficient (Wildman–Crippen LogP) is 3.35. The smallest absolute Gasteiger partial charge is 0.239 e. The van der Waals surface area contributed by atoms with Gasteiger partial charge in [0.05, 0.1) is 12.6 Å². The molecule has 0 bridgehead atoms. The number of nitrogens with zero attached hydrogens (tertiary/aromatic N) is 1. The lowest BCUT2D eigenvalue weighted by Crippen LogP contribution is -2.33. The molecule has 0 saturated carbocycles.